The Bertz CT molecular complexity index is 918. The maximum atomic E-state index is 14.0. The highest BCUT2D eigenvalue weighted by Crippen LogP contribution is 2.19. The number of nitrogens with zero attached hydrogens (tertiary/aromatic N) is 3. The number of hydrogen-bond acceptors (Lipinski definition) is 3. The van der Waals surface area contributed by atoms with Gasteiger partial charge in [0.15, 0.2) is 0 Å². The van der Waals surface area contributed by atoms with Crippen LogP contribution in [0.2, 0.25) is 0 Å². The highest BCUT2D eigenvalue weighted by atomic mass is 79.9. The van der Waals surface area contributed by atoms with Gasteiger partial charge in [0.25, 0.3) is 0 Å². The average molecular weight is 460 g/mol. The molecular weight excluding hydrogens is 437 g/mol. The molecule has 0 aromatic heterocycles. The van der Waals surface area contributed by atoms with Crippen molar-refractivity contribution in [3.63, 3.8) is 0 Å². The molecule has 2 aromatic rings. The van der Waals surface area contributed by atoms with E-state index in [-0.39, 0.29) is 37.0 Å². The summed E-state index contributed by atoms with van der Waals surface area (Å²) in [6, 6.07) is 14.4. The van der Waals surface area contributed by atoms with E-state index in [9.17, 15) is 14.0 Å². The zero-order chi connectivity index (χ0) is 20.8. The molecule has 0 atom stereocenters. The van der Waals surface area contributed by atoms with Crippen LogP contribution in [0.25, 0.3) is 0 Å². The molecule has 0 saturated heterocycles. The fourth-order valence-corrected chi connectivity index (χ4v) is 3.63. The minimum absolute atomic E-state index is 0.0784. The van der Waals surface area contributed by atoms with Gasteiger partial charge in [-0.2, -0.15) is 5.10 Å². The Morgan fingerprint density at radius 1 is 1.17 bits per heavy atom. The number of halogens is 2. The van der Waals surface area contributed by atoms with E-state index in [1.807, 2.05) is 37.3 Å². The Morgan fingerprint density at radius 2 is 1.93 bits per heavy atom. The fourth-order valence-electron chi connectivity index (χ4n) is 3.22. The van der Waals surface area contributed by atoms with Crippen LogP contribution < -0.4 is 0 Å². The molecule has 0 saturated carbocycles. The van der Waals surface area contributed by atoms with Gasteiger partial charge in [-0.25, -0.2) is 9.40 Å². The molecule has 2 amide bonds. The number of carbonyl (C=O) groups is 2. The first-order chi connectivity index (χ1) is 14.0. The van der Waals surface area contributed by atoms with Crippen molar-refractivity contribution in [2.24, 2.45) is 5.10 Å². The van der Waals surface area contributed by atoms with Gasteiger partial charge in [-0.15, -0.1) is 0 Å². The third-order valence-electron chi connectivity index (χ3n) is 4.85. The molecule has 7 heteroatoms. The Labute approximate surface area is 178 Å². The summed E-state index contributed by atoms with van der Waals surface area (Å²) in [6.45, 7) is 2.98. The second-order valence-electron chi connectivity index (χ2n) is 6.82. The van der Waals surface area contributed by atoms with E-state index in [0.717, 1.165) is 15.7 Å². The van der Waals surface area contributed by atoms with Crippen LogP contribution in [0, 0.1) is 5.82 Å². The Morgan fingerprint density at radius 3 is 2.66 bits per heavy atom. The molecule has 29 heavy (non-hydrogen) atoms. The van der Waals surface area contributed by atoms with Crippen LogP contribution in [0.4, 0.5) is 4.39 Å². The molecule has 0 fully saturated rings. The summed E-state index contributed by atoms with van der Waals surface area (Å²) in [7, 11) is 0. The second-order valence-corrected chi connectivity index (χ2v) is 7.74. The van der Waals surface area contributed by atoms with E-state index in [2.05, 4.69) is 21.0 Å². The van der Waals surface area contributed by atoms with Crippen molar-refractivity contribution in [2.45, 2.75) is 32.7 Å². The molecule has 1 heterocycles. The average Bonchev–Trinajstić information content (AvgIpc) is 3.23. The first-order valence-corrected chi connectivity index (χ1v) is 10.4. The molecule has 0 aliphatic carbocycles. The van der Waals surface area contributed by atoms with E-state index >= 15 is 0 Å². The Balaban J connectivity index is 1.56. The molecule has 0 bridgehead atoms. The third-order valence-corrected chi connectivity index (χ3v) is 5.35. The lowest BCUT2D eigenvalue weighted by atomic mass is 10.1. The topological polar surface area (TPSA) is 53.0 Å². The summed E-state index contributed by atoms with van der Waals surface area (Å²) < 4.78 is 14.7. The van der Waals surface area contributed by atoms with Gasteiger partial charge in [0.05, 0.1) is 12.3 Å². The van der Waals surface area contributed by atoms with Crippen LogP contribution in [-0.4, -0.2) is 40.5 Å². The molecule has 3 rings (SSSR count). The zero-order valence-corrected chi connectivity index (χ0v) is 17.9. The van der Waals surface area contributed by atoms with E-state index in [1.54, 1.807) is 17.0 Å². The van der Waals surface area contributed by atoms with Gasteiger partial charge in [-0.3, -0.25) is 9.59 Å². The predicted octanol–water partition coefficient (Wildman–Crippen LogP) is 4.35. The van der Waals surface area contributed by atoms with Crippen molar-refractivity contribution in [1.82, 2.24) is 9.91 Å². The van der Waals surface area contributed by atoms with E-state index in [1.165, 1.54) is 11.1 Å². The fraction of sp³-hybridized carbons (Fsp3) is 0.318. The highest BCUT2D eigenvalue weighted by molar-refractivity contribution is 9.10. The third kappa shape index (κ3) is 5.50. The zero-order valence-electron chi connectivity index (χ0n) is 16.3. The van der Waals surface area contributed by atoms with Crippen molar-refractivity contribution in [3.8, 4) is 0 Å². The summed E-state index contributed by atoms with van der Waals surface area (Å²) in [5.41, 5.74) is 2.33. The number of carbonyl (C=O) groups excluding carboxylic acids is 2. The molecule has 0 spiro atoms. The molecule has 1 aliphatic rings. The Kier molecular flexibility index (Phi) is 7.14. The lowest BCUT2D eigenvalue weighted by Crippen LogP contribution is -2.32. The summed E-state index contributed by atoms with van der Waals surface area (Å²) >= 11 is 3.32. The van der Waals surface area contributed by atoms with Gasteiger partial charge >= 0.3 is 0 Å². The number of rotatable bonds is 7. The smallest absolute Gasteiger partial charge is 0.243 e. The van der Waals surface area contributed by atoms with Crippen LogP contribution >= 0.6 is 15.9 Å². The summed E-state index contributed by atoms with van der Waals surface area (Å²) in [6.07, 6.45) is 0.865. The summed E-state index contributed by atoms with van der Waals surface area (Å²) in [5.74, 6) is -0.698. The van der Waals surface area contributed by atoms with Crippen LogP contribution in [0.1, 0.15) is 37.3 Å². The molecular formula is C22H23BrFN3O2. The van der Waals surface area contributed by atoms with E-state index < -0.39 is 0 Å². The van der Waals surface area contributed by atoms with E-state index in [4.69, 9.17) is 0 Å². The second kappa shape index (κ2) is 9.78. The van der Waals surface area contributed by atoms with Crippen LogP contribution in [0.3, 0.4) is 0 Å². The van der Waals surface area contributed by atoms with Crippen molar-refractivity contribution < 1.29 is 14.0 Å². The molecule has 152 valence electrons. The monoisotopic (exact) mass is 459 g/mol. The largest absolute Gasteiger partial charge is 0.339 e. The maximum absolute atomic E-state index is 14.0. The normalized spacial score (nSPS) is 13.3. The predicted molar refractivity (Wildman–Crippen MR) is 114 cm³/mol. The molecule has 0 unspecified atom stereocenters. The SMILES string of the molecule is CCN(Cc1cc(Br)ccc1F)C(=O)CCC(=O)N1CCC(c2ccccc2)=N1. The van der Waals surface area contributed by atoms with Crippen LogP contribution in [-0.2, 0) is 16.1 Å². The molecule has 5 nitrogen and oxygen atoms in total. The molecule has 0 radical (unpaired) electrons. The number of hydrogen-bond donors (Lipinski definition) is 0. The van der Waals surface area contributed by atoms with Gasteiger partial charge in [0.1, 0.15) is 5.82 Å². The van der Waals surface area contributed by atoms with Crippen LogP contribution in [0.15, 0.2) is 58.1 Å². The van der Waals surface area contributed by atoms with Crippen molar-refractivity contribution in [1.29, 1.82) is 0 Å². The number of amides is 2. The first kappa shape index (κ1) is 21.2. The van der Waals surface area contributed by atoms with Gasteiger partial charge in [0.2, 0.25) is 11.8 Å². The first-order valence-electron chi connectivity index (χ1n) is 9.63. The van der Waals surface area contributed by atoms with Crippen molar-refractivity contribution in [2.75, 3.05) is 13.1 Å². The quantitative estimate of drug-likeness (QED) is 0.617. The minimum Gasteiger partial charge on any atom is -0.339 e. The molecule has 2 aromatic carbocycles. The van der Waals surface area contributed by atoms with Crippen molar-refractivity contribution in [3.05, 3.63) is 69.9 Å². The van der Waals surface area contributed by atoms with E-state index in [0.29, 0.717) is 25.1 Å². The van der Waals surface area contributed by atoms with Gasteiger partial charge in [-0.05, 0) is 30.7 Å². The van der Waals surface area contributed by atoms with Gasteiger partial charge < -0.3 is 4.90 Å². The lowest BCUT2D eigenvalue weighted by Gasteiger charge is -2.22. The standard InChI is InChI=1S/C22H23BrFN3O2/c1-2-26(15-17-14-18(23)8-9-19(17)24)21(28)10-11-22(29)27-13-12-20(25-27)16-6-4-3-5-7-16/h3-9,14H,2,10-13,15H2,1H3. The van der Waals surface area contributed by atoms with Crippen molar-refractivity contribution >= 4 is 33.5 Å². The number of benzene rings is 2. The highest BCUT2D eigenvalue weighted by Gasteiger charge is 2.23. The summed E-state index contributed by atoms with van der Waals surface area (Å²) in [5, 5.41) is 5.86. The summed E-state index contributed by atoms with van der Waals surface area (Å²) in [4.78, 5) is 26.6. The van der Waals surface area contributed by atoms with Gasteiger partial charge in [0, 0.05) is 42.4 Å². The minimum atomic E-state index is -0.352. The van der Waals surface area contributed by atoms with Gasteiger partial charge in [-0.1, -0.05) is 46.3 Å². The molecule has 0 N–H and O–H groups in total. The van der Waals surface area contributed by atoms with Crippen LogP contribution in [0.5, 0.6) is 0 Å². The maximum Gasteiger partial charge on any atom is 0.243 e. The number of hydrazone groups is 1. The Hall–Kier alpha value is -2.54. The molecule has 1 aliphatic heterocycles. The lowest BCUT2D eigenvalue weighted by molar-refractivity contribution is -0.137.